The molecule has 0 bridgehead atoms. The molecule has 3 heteroatoms. The second-order valence-electron chi connectivity index (χ2n) is 3.77. The Morgan fingerprint density at radius 2 is 2.25 bits per heavy atom. The summed E-state index contributed by atoms with van der Waals surface area (Å²) in [5.74, 6) is -0.816. The van der Waals surface area contributed by atoms with E-state index in [0.717, 1.165) is 16.5 Å². The van der Waals surface area contributed by atoms with Crippen LogP contribution >= 0.6 is 0 Å². The molecule has 1 unspecified atom stereocenters. The number of benzene rings is 1. The fraction of sp³-hybridized carbons (Fsp3) is 0.154. The van der Waals surface area contributed by atoms with Crippen molar-refractivity contribution in [3.8, 4) is 0 Å². The first-order chi connectivity index (χ1) is 7.68. The highest BCUT2D eigenvalue weighted by Gasteiger charge is 2.07. The van der Waals surface area contributed by atoms with Crippen molar-refractivity contribution in [2.75, 3.05) is 0 Å². The number of aliphatic carboxylic acids is 1. The summed E-state index contributed by atoms with van der Waals surface area (Å²) in [7, 11) is 0. The van der Waals surface area contributed by atoms with Crippen molar-refractivity contribution in [2.45, 2.75) is 12.8 Å². The number of aromatic nitrogens is 1. The lowest BCUT2D eigenvalue weighted by Crippen LogP contribution is -1.93. The molecule has 1 aromatic heterocycles. The van der Waals surface area contributed by atoms with Crippen LogP contribution in [0.15, 0.2) is 42.6 Å². The average molecular weight is 215 g/mol. The molecule has 0 aliphatic heterocycles. The molecule has 0 amide bonds. The topological polar surface area (TPSA) is 53.1 Å². The van der Waals surface area contributed by atoms with E-state index in [-0.39, 0.29) is 5.92 Å². The monoisotopic (exact) mass is 215 g/mol. The van der Waals surface area contributed by atoms with E-state index in [1.165, 1.54) is 6.08 Å². The number of H-pyrrole nitrogens is 1. The Morgan fingerprint density at radius 3 is 3.00 bits per heavy atom. The van der Waals surface area contributed by atoms with Gasteiger partial charge in [0.1, 0.15) is 0 Å². The van der Waals surface area contributed by atoms with Crippen LogP contribution < -0.4 is 0 Å². The highest BCUT2D eigenvalue weighted by atomic mass is 16.4. The summed E-state index contributed by atoms with van der Waals surface area (Å²) in [5.41, 5.74) is 2.21. The van der Waals surface area contributed by atoms with Crippen LogP contribution in [0, 0.1) is 0 Å². The van der Waals surface area contributed by atoms with Gasteiger partial charge in [-0.3, -0.25) is 0 Å². The zero-order valence-electron chi connectivity index (χ0n) is 8.97. The fourth-order valence-corrected chi connectivity index (χ4v) is 1.84. The molecule has 2 aromatic rings. The van der Waals surface area contributed by atoms with Crippen LogP contribution in [0.1, 0.15) is 18.4 Å². The number of carboxylic acid groups (broad SMARTS) is 1. The maximum absolute atomic E-state index is 10.5. The summed E-state index contributed by atoms with van der Waals surface area (Å²) in [5, 5.41) is 9.73. The normalized spacial score (nSPS) is 13.3. The third-order valence-corrected chi connectivity index (χ3v) is 2.65. The lowest BCUT2D eigenvalue weighted by atomic mass is 9.97. The number of hydrogen-bond acceptors (Lipinski definition) is 1. The first kappa shape index (κ1) is 10.5. The van der Waals surface area contributed by atoms with E-state index in [2.05, 4.69) is 4.98 Å². The Morgan fingerprint density at radius 1 is 1.44 bits per heavy atom. The third kappa shape index (κ3) is 1.98. The minimum absolute atomic E-state index is 0.0931. The average Bonchev–Trinajstić information content (AvgIpc) is 2.73. The van der Waals surface area contributed by atoms with E-state index in [0.29, 0.717) is 0 Å². The molecule has 3 nitrogen and oxygen atoms in total. The van der Waals surface area contributed by atoms with Gasteiger partial charge >= 0.3 is 5.97 Å². The summed E-state index contributed by atoms with van der Waals surface area (Å²) in [4.78, 5) is 13.6. The smallest absolute Gasteiger partial charge is 0.327 e. The number of nitrogens with one attached hydrogen (secondary N) is 1. The Balaban J connectivity index is 2.39. The summed E-state index contributed by atoms with van der Waals surface area (Å²) in [6, 6.07) is 8.01. The van der Waals surface area contributed by atoms with Crippen LogP contribution in [-0.4, -0.2) is 16.1 Å². The predicted molar refractivity (Wildman–Crippen MR) is 63.5 cm³/mol. The highest BCUT2D eigenvalue weighted by Crippen LogP contribution is 2.25. The number of rotatable bonds is 3. The quantitative estimate of drug-likeness (QED) is 0.773. The molecule has 2 rings (SSSR count). The number of carboxylic acids is 1. The van der Waals surface area contributed by atoms with Gasteiger partial charge in [0, 0.05) is 29.1 Å². The number of carbonyl (C=O) groups is 1. The molecule has 1 atom stereocenters. The lowest BCUT2D eigenvalue weighted by Gasteiger charge is -2.07. The third-order valence-electron chi connectivity index (χ3n) is 2.65. The lowest BCUT2D eigenvalue weighted by molar-refractivity contribution is -0.131. The van der Waals surface area contributed by atoms with Gasteiger partial charge in [-0.2, -0.15) is 0 Å². The predicted octanol–water partition coefficient (Wildman–Crippen LogP) is 2.91. The largest absolute Gasteiger partial charge is 0.478 e. The first-order valence-electron chi connectivity index (χ1n) is 5.15. The van der Waals surface area contributed by atoms with Gasteiger partial charge in [0.15, 0.2) is 0 Å². The van der Waals surface area contributed by atoms with Crippen molar-refractivity contribution < 1.29 is 9.90 Å². The Labute approximate surface area is 93.4 Å². The number of allylic oxidation sites excluding steroid dienone is 1. The van der Waals surface area contributed by atoms with E-state index >= 15 is 0 Å². The molecule has 0 aliphatic carbocycles. The van der Waals surface area contributed by atoms with Crippen molar-refractivity contribution in [3.05, 3.63) is 48.2 Å². The van der Waals surface area contributed by atoms with E-state index in [4.69, 9.17) is 5.11 Å². The standard InChI is InChI=1S/C13H13NO2/c1-9(5-6-13(15)16)10-3-2-4-12-11(10)7-8-14-12/h2-9,14H,1H3,(H,15,16). The van der Waals surface area contributed by atoms with Crippen LogP contribution in [0.3, 0.4) is 0 Å². The Kier molecular flexibility index (Phi) is 2.77. The Hall–Kier alpha value is -2.03. The van der Waals surface area contributed by atoms with Gasteiger partial charge in [0.2, 0.25) is 0 Å². The Bertz CT molecular complexity index is 540. The molecular weight excluding hydrogens is 202 g/mol. The van der Waals surface area contributed by atoms with E-state index in [1.807, 2.05) is 37.4 Å². The molecule has 16 heavy (non-hydrogen) atoms. The van der Waals surface area contributed by atoms with Crippen molar-refractivity contribution in [1.82, 2.24) is 4.98 Å². The van der Waals surface area contributed by atoms with Crippen molar-refractivity contribution in [3.63, 3.8) is 0 Å². The molecule has 2 N–H and O–H groups in total. The maximum atomic E-state index is 10.5. The van der Waals surface area contributed by atoms with Crippen LogP contribution in [0.4, 0.5) is 0 Å². The molecule has 82 valence electrons. The molecular formula is C13H13NO2. The van der Waals surface area contributed by atoms with Gasteiger partial charge in [-0.15, -0.1) is 0 Å². The zero-order valence-corrected chi connectivity index (χ0v) is 8.97. The second-order valence-corrected chi connectivity index (χ2v) is 3.77. The molecule has 1 aromatic carbocycles. The van der Waals surface area contributed by atoms with E-state index in [9.17, 15) is 4.79 Å². The molecule has 0 spiro atoms. The van der Waals surface area contributed by atoms with Gasteiger partial charge in [-0.1, -0.05) is 25.1 Å². The van der Waals surface area contributed by atoms with Crippen LogP contribution in [0.5, 0.6) is 0 Å². The van der Waals surface area contributed by atoms with Crippen molar-refractivity contribution >= 4 is 16.9 Å². The molecule has 0 saturated carbocycles. The van der Waals surface area contributed by atoms with Gasteiger partial charge in [0.25, 0.3) is 0 Å². The summed E-state index contributed by atoms with van der Waals surface area (Å²) < 4.78 is 0. The second kappa shape index (κ2) is 4.23. The molecule has 0 aliphatic rings. The first-order valence-corrected chi connectivity index (χ1v) is 5.15. The SMILES string of the molecule is CC(C=CC(=O)O)c1cccc2[nH]ccc12. The number of fused-ring (bicyclic) bond motifs is 1. The van der Waals surface area contributed by atoms with Gasteiger partial charge in [-0.25, -0.2) is 4.79 Å². The maximum Gasteiger partial charge on any atom is 0.327 e. The number of hydrogen-bond donors (Lipinski definition) is 2. The molecule has 1 heterocycles. The van der Waals surface area contributed by atoms with E-state index < -0.39 is 5.97 Å². The summed E-state index contributed by atoms with van der Waals surface area (Å²) in [6.45, 7) is 1.99. The summed E-state index contributed by atoms with van der Waals surface area (Å²) in [6.07, 6.45) is 4.78. The highest BCUT2D eigenvalue weighted by molar-refractivity contribution is 5.84. The number of aromatic amines is 1. The molecule has 0 radical (unpaired) electrons. The zero-order chi connectivity index (χ0) is 11.5. The summed E-state index contributed by atoms with van der Waals surface area (Å²) >= 11 is 0. The van der Waals surface area contributed by atoms with Gasteiger partial charge in [0.05, 0.1) is 0 Å². The van der Waals surface area contributed by atoms with E-state index in [1.54, 1.807) is 6.08 Å². The van der Waals surface area contributed by atoms with Crippen LogP contribution in [0.2, 0.25) is 0 Å². The molecule has 0 saturated heterocycles. The van der Waals surface area contributed by atoms with Gasteiger partial charge < -0.3 is 10.1 Å². The minimum atomic E-state index is -0.909. The van der Waals surface area contributed by atoms with Crippen LogP contribution in [0.25, 0.3) is 10.9 Å². The van der Waals surface area contributed by atoms with Crippen molar-refractivity contribution in [2.24, 2.45) is 0 Å². The molecule has 0 fully saturated rings. The van der Waals surface area contributed by atoms with Gasteiger partial charge in [-0.05, 0) is 17.7 Å². The van der Waals surface area contributed by atoms with Crippen LogP contribution in [-0.2, 0) is 4.79 Å². The fourth-order valence-electron chi connectivity index (χ4n) is 1.84. The van der Waals surface area contributed by atoms with Crippen molar-refractivity contribution in [1.29, 1.82) is 0 Å². The minimum Gasteiger partial charge on any atom is -0.478 e.